The van der Waals surface area contributed by atoms with Crippen molar-refractivity contribution in [3.8, 4) is 11.1 Å². The van der Waals surface area contributed by atoms with Crippen molar-refractivity contribution in [1.29, 1.82) is 0 Å². The zero-order chi connectivity index (χ0) is 19.5. The summed E-state index contributed by atoms with van der Waals surface area (Å²) >= 11 is 0. The molecule has 5 heteroatoms. The SMILES string of the molecule is Cc1cc(C(=O)NCCc2ccco2)c2cccc(-c3ccc(F)cc3)c2n1. The molecule has 28 heavy (non-hydrogen) atoms. The van der Waals surface area contributed by atoms with Crippen molar-refractivity contribution < 1.29 is 13.6 Å². The fraction of sp³-hybridized carbons (Fsp3) is 0.130. The summed E-state index contributed by atoms with van der Waals surface area (Å²) in [5.74, 6) is 0.387. The van der Waals surface area contributed by atoms with E-state index in [1.54, 1.807) is 24.5 Å². The van der Waals surface area contributed by atoms with E-state index < -0.39 is 0 Å². The number of fused-ring (bicyclic) bond motifs is 1. The third kappa shape index (κ3) is 3.64. The molecule has 140 valence electrons. The van der Waals surface area contributed by atoms with Crippen molar-refractivity contribution in [3.63, 3.8) is 0 Å². The van der Waals surface area contributed by atoms with Crippen LogP contribution >= 0.6 is 0 Å². The zero-order valence-electron chi connectivity index (χ0n) is 15.4. The van der Waals surface area contributed by atoms with Crippen LogP contribution in [0.2, 0.25) is 0 Å². The van der Waals surface area contributed by atoms with Crippen LogP contribution in [-0.4, -0.2) is 17.4 Å². The van der Waals surface area contributed by atoms with Crippen molar-refractivity contribution in [2.45, 2.75) is 13.3 Å². The van der Waals surface area contributed by atoms with Gasteiger partial charge in [-0.2, -0.15) is 0 Å². The van der Waals surface area contributed by atoms with Crippen LogP contribution in [0, 0.1) is 12.7 Å². The molecule has 4 nitrogen and oxygen atoms in total. The lowest BCUT2D eigenvalue weighted by atomic mass is 9.98. The molecule has 2 heterocycles. The van der Waals surface area contributed by atoms with Gasteiger partial charge in [-0.05, 0) is 42.8 Å². The number of hydrogen-bond donors (Lipinski definition) is 1. The van der Waals surface area contributed by atoms with Crippen molar-refractivity contribution in [1.82, 2.24) is 10.3 Å². The van der Waals surface area contributed by atoms with E-state index in [2.05, 4.69) is 10.3 Å². The fourth-order valence-electron chi connectivity index (χ4n) is 3.28. The second-order valence-electron chi connectivity index (χ2n) is 6.61. The highest BCUT2D eigenvalue weighted by Crippen LogP contribution is 2.29. The molecule has 0 aliphatic heterocycles. The molecule has 0 fully saturated rings. The Morgan fingerprint density at radius 3 is 2.68 bits per heavy atom. The average molecular weight is 374 g/mol. The predicted molar refractivity (Wildman–Crippen MR) is 107 cm³/mol. The topological polar surface area (TPSA) is 55.1 Å². The zero-order valence-corrected chi connectivity index (χ0v) is 15.4. The van der Waals surface area contributed by atoms with Crippen LogP contribution in [0.5, 0.6) is 0 Å². The summed E-state index contributed by atoms with van der Waals surface area (Å²) in [5.41, 5.74) is 3.77. The number of para-hydroxylation sites is 1. The number of aryl methyl sites for hydroxylation is 1. The Morgan fingerprint density at radius 2 is 1.93 bits per heavy atom. The molecule has 0 saturated heterocycles. The molecular formula is C23H19FN2O2. The monoisotopic (exact) mass is 374 g/mol. The fourth-order valence-corrected chi connectivity index (χ4v) is 3.28. The molecule has 0 aliphatic carbocycles. The number of benzene rings is 2. The molecule has 2 aromatic heterocycles. The minimum atomic E-state index is -0.287. The Hall–Kier alpha value is -3.47. The van der Waals surface area contributed by atoms with Crippen LogP contribution in [0.1, 0.15) is 21.8 Å². The molecule has 0 saturated carbocycles. The van der Waals surface area contributed by atoms with Crippen LogP contribution < -0.4 is 5.32 Å². The Balaban J connectivity index is 1.68. The summed E-state index contributed by atoms with van der Waals surface area (Å²) in [6, 6.07) is 17.5. The van der Waals surface area contributed by atoms with Gasteiger partial charge in [-0.1, -0.05) is 30.3 Å². The average Bonchev–Trinajstić information content (AvgIpc) is 3.21. The lowest BCUT2D eigenvalue weighted by molar-refractivity contribution is 0.0955. The molecule has 1 amide bonds. The number of nitrogens with zero attached hydrogens (tertiary/aromatic N) is 1. The minimum Gasteiger partial charge on any atom is -0.469 e. The van der Waals surface area contributed by atoms with E-state index in [0.29, 0.717) is 18.5 Å². The van der Waals surface area contributed by atoms with Gasteiger partial charge in [0.2, 0.25) is 0 Å². The molecule has 4 aromatic rings. The lowest BCUT2D eigenvalue weighted by Crippen LogP contribution is -2.26. The van der Waals surface area contributed by atoms with Crippen molar-refractivity contribution in [2.24, 2.45) is 0 Å². The number of nitrogens with one attached hydrogen (secondary N) is 1. The summed E-state index contributed by atoms with van der Waals surface area (Å²) < 4.78 is 18.6. The van der Waals surface area contributed by atoms with Gasteiger partial charge in [-0.25, -0.2) is 4.39 Å². The molecule has 0 radical (unpaired) electrons. The van der Waals surface area contributed by atoms with Gasteiger partial charge in [0.05, 0.1) is 17.3 Å². The van der Waals surface area contributed by atoms with E-state index in [0.717, 1.165) is 33.5 Å². The summed E-state index contributed by atoms with van der Waals surface area (Å²) in [6.45, 7) is 2.34. The highest BCUT2D eigenvalue weighted by Gasteiger charge is 2.15. The second-order valence-corrected chi connectivity index (χ2v) is 6.61. The number of carbonyl (C=O) groups is 1. The van der Waals surface area contributed by atoms with Gasteiger partial charge in [0.1, 0.15) is 11.6 Å². The molecule has 0 atom stereocenters. The van der Waals surface area contributed by atoms with E-state index in [1.807, 2.05) is 37.3 Å². The lowest BCUT2D eigenvalue weighted by Gasteiger charge is -2.12. The number of carbonyl (C=O) groups excluding carboxylic acids is 1. The van der Waals surface area contributed by atoms with Crippen LogP contribution in [0.25, 0.3) is 22.0 Å². The maximum absolute atomic E-state index is 13.3. The van der Waals surface area contributed by atoms with E-state index in [1.165, 1.54) is 12.1 Å². The Morgan fingerprint density at radius 1 is 1.11 bits per heavy atom. The normalized spacial score (nSPS) is 10.9. The first kappa shape index (κ1) is 17.9. The van der Waals surface area contributed by atoms with Gasteiger partial charge in [0, 0.05) is 29.6 Å². The van der Waals surface area contributed by atoms with Gasteiger partial charge in [-0.15, -0.1) is 0 Å². The maximum atomic E-state index is 13.3. The molecule has 0 unspecified atom stereocenters. The third-order valence-electron chi connectivity index (χ3n) is 4.60. The second kappa shape index (κ2) is 7.64. The molecular weight excluding hydrogens is 355 g/mol. The first-order valence-electron chi connectivity index (χ1n) is 9.09. The van der Waals surface area contributed by atoms with Crippen molar-refractivity contribution in [2.75, 3.05) is 6.54 Å². The van der Waals surface area contributed by atoms with Crippen LogP contribution in [0.4, 0.5) is 4.39 Å². The van der Waals surface area contributed by atoms with Gasteiger partial charge in [0.25, 0.3) is 5.91 Å². The number of hydrogen-bond acceptors (Lipinski definition) is 3. The first-order chi connectivity index (χ1) is 13.6. The van der Waals surface area contributed by atoms with Gasteiger partial charge in [0.15, 0.2) is 0 Å². The number of furan rings is 1. The van der Waals surface area contributed by atoms with Crippen molar-refractivity contribution in [3.05, 3.63) is 89.8 Å². The van der Waals surface area contributed by atoms with E-state index >= 15 is 0 Å². The van der Waals surface area contributed by atoms with Crippen molar-refractivity contribution >= 4 is 16.8 Å². The van der Waals surface area contributed by atoms with E-state index in [4.69, 9.17) is 4.42 Å². The molecule has 2 aromatic carbocycles. The number of amides is 1. The van der Waals surface area contributed by atoms with Gasteiger partial charge < -0.3 is 9.73 Å². The predicted octanol–water partition coefficient (Wildman–Crippen LogP) is 4.91. The standard InChI is InChI=1S/C23H19FN2O2/c1-15-14-21(23(27)25-12-11-18-4-3-13-28-18)20-6-2-5-19(22(20)26-15)16-7-9-17(24)10-8-16/h2-10,13-14H,11-12H2,1H3,(H,25,27). The van der Waals surface area contributed by atoms with Gasteiger partial charge in [-0.3, -0.25) is 9.78 Å². The largest absolute Gasteiger partial charge is 0.469 e. The maximum Gasteiger partial charge on any atom is 0.252 e. The number of rotatable bonds is 5. The van der Waals surface area contributed by atoms with E-state index in [-0.39, 0.29) is 11.7 Å². The van der Waals surface area contributed by atoms with Gasteiger partial charge >= 0.3 is 0 Å². The molecule has 1 N–H and O–H groups in total. The minimum absolute atomic E-state index is 0.154. The summed E-state index contributed by atoms with van der Waals surface area (Å²) in [7, 11) is 0. The van der Waals surface area contributed by atoms with Crippen LogP contribution in [0.15, 0.2) is 71.3 Å². The highest BCUT2D eigenvalue weighted by atomic mass is 19.1. The van der Waals surface area contributed by atoms with Crippen LogP contribution in [0.3, 0.4) is 0 Å². The number of aromatic nitrogens is 1. The Labute approximate surface area is 162 Å². The highest BCUT2D eigenvalue weighted by molar-refractivity contribution is 6.09. The first-order valence-corrected chi connectivity index (χ1v) is 9.09. The molecule has 0 aliphatic rings. The molecule has 0 bridgehead atoms. The van der Waals surface area contributed by atoms with E-state index in [9.17, 15) is 9.18 Å². The quantitative estimate of drug-likeness (QED) is 0.540. The third-order valence-corrected chi connectivity index (χ3v) is 4.60. The summed E-state index contributed by atoms with van der Waals surface area (Å²) in [5, 5.41) is 3.71. The summed E-state index contributed by atoms with van der Waals surface area (Å²) in [6.07, 6.45) is 2.25. The Kier molecular flexibility index (Phi) is 4.89. The van der Waals surface area contributed by atoms with Crippen LogP contribution in [-0.2, 0) is 6.42 Å². The smallest absolute Gasteiger partial charge is 0.252 e. The number of halogens is 1. The summed E-state index contributed by atoms with van der Waals surface area (Å²) in [4.78, 5) is 17.5. The molecule has 0 spiro atoms. The number of pyridine rings is 1. The molecule has 4 rings (SSSR count). The Bertz CT molecular complexity index is 1120.